The smallest absolute Gasteiger partial charge is 0.246 e. The number of aromatic nitrogens is 2. The van der Waals surface area contributed by atoms with Gasteiger partial charge in [-0.1, -0.05) is 6.92 Å². The van der Waals surface area contributed by atoms with Crippen LogP contribution in [-0.2, 0) is 10.0 Å². The number of sulfonamides is 1. The minimum atomic E-state index is -3.57. The van der Waals surface area contributed by atoms with Gasteiger partial charge in [0.2, 0.25) is 16.0 Å². The first-order valence-electron chi connectivity index (χ1n) is 6.13. The summed E-state index contributed by atoms with van der Waals surface area (Å²) in [7, 11) is -1.91. The van der Waals surface area contributed by atoms with Gasteiger partial charge < -0.3 is 10.4 Å². The molecule has 1 aliphatic rings. The lowest BCUT2D eigenvalue weighted by atomic mass is 9.99. The van der Waals surface area contributed by atoms with Crippen molar-refractivity contribution in [2.24, 2.45) is 5.92 Å². The van der Waals surface area contributed by atoms with Crippen molar-refractivity contribution in [3.8, 4) is 0 Å². The van der Waals surface area contributed by atoms with Gasteiger partial charge >= 0.3 is 0 Å². The zero-order valence-corrected chi connectivity index (χ0v) is 11.8. The molecule has 106 valence electrons. The molecule has 19 heavy (non-hydrogen) atoms. The Morgan fingerprint density at radius 3 is 2.58 bits per heavy atom. The van der Waals surface area contributed by atoms with Gasteiger partial charge in [-0.25, -0.2) is 18.4 Å². The maximum absolute atomic E-state index is 12.4. The lowest BCUT2D eigenvalue weighted by molar-refractivity contribution is 0.0628. The Morgan fingerprint density at radius 2 is 2.05 bits per heavy atom. The number of aliphatic hydroxyl groups excluding tert-OH is 1. The summed E-state index contributed by atoms with van der Waals surface area (Å²) in [6.45, 7) is 2.48. The monoisotopic (exact) mass is 286 g/mol. The predicted octanol–water partition coefficient (Wildman–Crippen LogP) is -0.0903. The van der Waals surface area contributed by atoms with Crippen molar-refractivity contribution in [3.05, 3.63) is 12.4 Å². The van der Waals surface area contributed by atoms with E-state index in [4.69, 9.17) is 0 Å². The third-order valence-electron chi connectivity index (χ3n) is 3.31. The van der Waals surface area contributed by atoms with E-state index in [1.807, 2.05) is 6.92 Å². The van der Waals surface area contributed by atoms with Crippen molar-refractivity contribution in [3.63, 3.8) is 0 Å². The van der Waals surface area contributed by atoms with Gasteiger partial charge in [0.05, 0.1) is 18.5 Å². The lowest BCUT2D eigenvalue weighted by Crippen LogP contribution is -2.44. The van der Waals surface area contributed by atoms with Crippen molar-refractivity contribution < 1.29 is 13.5 Å². The van der Waals surface area contributed by atoms with Gasteiger partial charge in [-0.3, -0.25) is 0 Å². The molecule has 0 aromatic carbocycles. The summed E-state index contributed by atoms with van der Waals surface area (Å²) in [6, 6.07) is 0. The van der Waals surface area contributed by atoms with Crippen LogP contribution in [0.2, 0.25) is 0 Å². The molecule has 0 radical (unpaired) electrons. The summed E-state index contributed by atoms with van der Waals surface area (Å²) in [5, 5.41) is 12.4. The molecule has 0 amide bonds. The topological polar surface area (TPSA) is 95.4 Å². The summed E-state index contributed by atoms with van der Waals surface area (Å²) in [5.74, 6) is 0.308. The summed E-state index contributed by atoms with van der Waals surface area (Å²) in [5.41, 5.74) is 0. The van der Waals surface area contributed by atoms with E-state index in [0.717, 1.165) is 0 Å². The third kappa shape index (κ3) is 2.85. The first-order valence-corrected chi connectivity index (χ1v) is 7.57. The molecule has 0 aliphatic carbocycles. The Bertz CT molecular complexity index is 531. The van der Waals surface area contributed by atoms with Crippen molar-refractivity contribution in [1.29, 1.82) is 0 Å². The highest BCUT2D eigenvalue weighted by atomic mass is 32.2. The quantitative estimate of drug-likeness (QED) is 0.806. The Kier molecular flexibility index (Phi) is 4.02. The minimum Gasteiger partial charge on any atom is -0.393 e. The van der Waals surface area contributed by atoms with Crippen molar-refractivity contribution in [1.82, 2.24) is 14.3 Å². The Balaban J connectivity index is 2.21. The number of hydrogen-bond donors (Lipinski definition) is 2. The van der Waals surface area contributed by atoms with Crippen molar-refractivity contribution in [2.45, 2.75) is 24.3 Å². The fraction of sp³-hybridized carbons (Fsp3) is 0.636. The van der Waals surface area contributed by atoms with Gasteiger partial charge in [0.25, 0.3) is 0 Å². The third-order valence-corrected chi connectivity index (χ3v) is 5.13. The molecule has 0 saturated carbocycles. The Morgan fingerprint density at radius 1 is 1.42 bits per heavy atom. The average Bonchev–Trinajstić information content (AvgIpc) is 2.41. The average molecular weight is 286 g/mol. The van der Waals surface area contributed by atoms with Crippen molar-refractivity contribution >= 4 is 16.0 Å². The maximum Gasteiger partial charge on any atom is 0.246 e. The van der Waals surface area contributed by atoms with Crippen LogP contribution in [0.1, 0.15) is 13.3 Å². The normalized spacial score (nSPS) is 25.2. The molecule has 1 saturated heterocycles. The maximum atomic E-state index is 12.4. The van der Waals surface area contributed by atoms with Crippen molar-refractivity contribution in [2.75, 3.05) is 25.5 Å². The second-order valence-corrected chi connectivity index (χ2v) is 6.63. The molecule has 2 atom stereocenters. The van der Waals surface area contributed by atoms with E-state index in [1.165, 1.54) is 16.7 Å². The fourth-order valence-electron chi connectivity index (χ4n) is 2.04. The molecule has 7 nitrogen and oxygen atoms in total. The number of piperidine rings is 1. The van der Waals surface area contributed by atoms with E-state index in [-0.39, 0.29) is 10.8 Å². The van der Waals surface area contributed by atoms with Crippen LogP contribution in [0.15, 0.2) is 17.3 Å². The van der Waals surface area contributed by atoms with Gasteiger partial charge in [-0.2, -0.15) is 4.31 Å². The SMILES string of the molecule is CNc1ncc(S(=O)(=O)N2CCC(O)C(C)C2)cn1. The predicted molar refractivity (Wildman–Crippen MR) is 70.1 cm³/mol. The van der Waals surface area contributed by atoms with Crippen LogP contribution in [0.3, 0.4) is 0 Å². The highest BCUT2D eigenvalue weighted by Crippen LogP contribution is 2.23. The van der Waals surface area contributed by atoms with E-state index in [0.29, 0.717) is 25.5 Å². The van der Waals surface area contributed by atoms with Crippen LogP contribution >= 0.6 is 0 Å². The summed E-state index contributed by atoms with van der Waals surface area (Å²) in [4.78, 5) is 7.91. The highest BCUT2D eigenvalue weighted by molar-refractivity contribution is 7.89. The molecule has 2 unspecified atom stereocenters. The number of hydrogen-bond acceptors (Lipinski definition) is 6. The van der Waals surface area contributed by atoms with Crippen LogP contribution in [0.5, 0.6) is 0 Å². The molecule has 0 spiro atoms. The second-order valence-electron chi connectivity index (χ2n) is 4.69. The summed E-state index contributed by atoms with van der Waals surface area (Å²) >= 11 is 0. The summed E-state index contributed by atoms with van der Waals surface area (Å²) < 4.78 is 26.1. The van der Waals surface area contributed by atoms with Crippen LogP contribution in [0.4, 0.5) is 5.95 Å². The molecule has 0 bridgehead atoms. The molecule has 2 N–H and O–H groups in total. The molecular formula is C11H18N4O3S. The lowest BCUT2D eigenvalue weighted by Gasteiger charge is -2.33. The van der Waals surface area contributed by atoms with Gasteiger partial charge in [-0.15, -0.1) is 0 Å². The van der Waals surface area contributed by atoms with Gasteiger partial charge in [0.15, 0.2) is 0 Å². The molecular weight excluding hydrogens is 268 g/mol. The van der Waals surface area contributed by atoms with Crippen LogP contribution in [0, 0.1) is 5.92 Å². The first-order chi connectivity index (χ1) is 8.95. The molecule has 1 aromatic rings. The minimum absolute atomic E-state index is 0.0685. The Labute approximate surface area is 112 Å². The van der Waals surface area contributed by atoms with Crippen LogP contribution in [-0.4, -0.2) is 54.0 Å². The van der Waals surface area contributed by atoms with E-state index in [9.17, 15) is 13.5 Å². The van der Waals surface area contributed by atoms with Crippen LogP contribution < -0.4 is 5.32 Å². The van der Waals surface area contributed by atoms with Gasteiger partial charge in [0, 0.05) is 20.1 Å². The van der Waals surface area contributed by atoms with Gasteiger partial charge in [0.1, 0.15) is 4.90 Å². The summed E-state index contributed by atoms with van der Waals surface area (Å²) in [6.07, 6.45) is 2.61. The number of anilines is 1. The zero-order chi connectivity index (χ0) is 14.0. The molecule has 2 heterocycles. The zero-order valence-electron chi connectivity index (χ0n) is 10.9. The van der Waals surface area contributed by atoms with Crippen LogP contribution in [0.25, 0.3) is 0 Å². The molecule has 1 aromatic heterocycles. The van der Waals surface area contributed by atoms with E-state index < -0.39 is 16.1 Å². The van der Waals surface area contributed by atoms with E-state index >= 15 is 0 Å². The Hall–Kier alpha value is -1.25. The fourth-order valence-corrected chi connectivity index (χ4v) is 3.49. The van der Waals surface area contributed by atoms with E-state index in [1.54, 1.807) is 7.05 Å². The molecule has 2 rings (SSSR count). The van der Waals surface area contributed by atoms with E-state index in [2.05, 4.69) is 15.3 Å². The number of aliphatic hydroxyl groups is 1. The second kappa shape index (κ2) is 5.40. The number of nitrogens with zero attached hydrogens (tertiary/aromatic N) is 3. The highest BCUT2D eigenvalue weighted by Gasteiger charge is 2.32. The number of nitrogens with one attached hydrogen (secondary N) is 1. The molecule has 1 aliphatic heterocycles. The molecule has 8 heteroatoms. The largest absolute Gasteiger partial charge is 0.393 e. The van der Waals surface area contributed by atoms with Gasteiger partial charge in [-0.05, 0) is 12.3 Å². The molecule has 1 fully saturated rings. The first kappa shape index (κ1) is 14.2. The standard InChI is InChI=1S/C11H18N4O3S/c1-8-7-15(4-3-10(8)16)19(17,18)9-5-13-11(12-2)14-6-9/h5-6,8,10,16H,3-4,7H2,1-2H3,(H,12,13,14). The number of rotatable bonds is 3.